The highest BCUT2D eigenvalue weighted by Gasteiger charge is 2.58. The number of aromatic amines is 1. The van der Waals surface area contributed by atoms with Gasteiger partial charge in [0.1, 0.15) is 5.75 Å². The molecule has 1 aliphatic heterocycles. The number of ether oxygens (including phenoxy) is 1. The first-order valence-electron chi connectivity index (χ1n) is 10.8. The van der Waals surface area contributed by atoms with Gasteiger partial charge in [0.2, 0.25) is 11.8 Å². The lowest BCUT2D eigenvalue weighted by Crippen LogP contribution is -2.37. The van der Waals surface area contributed by atoms with Gasteiger partial charge in [-0.2, -0.15) is 0 Å². The number of para-hydroxylation sites is 1. The Morgan fingerprint density at radius 2 is 1.73 bits per heavy atom. The number of benzene rings is 2. The Morgan fingerprint density at radius 3 is 2.53 bits per heavy atom. The number of H-pyrrole nitrogens is 1. The molecule has 1 aromatic heterocycles. The molecule has 0 unspecified atom stereocenters. The summed E-state index contributed by atoms with van der Waals surface area (Å²) in [6, 6.07) is 15.5. The first kappa shape index (κ1) is 17.8. The summed E-state index contributed by atoms with van der Waals surface area (Å²) in [5.74, 6) is 0.449. The molecule has 0 spiro atoms. The number of rotatable bonds is 2. The van der Waals surface area contributed by atoms with Gasteiger partial charge in [0.15, 0.2) is 0 Å². The topological polar surface area (TPSA) is 62.4 Å². The second-order valence-electron chi connectivity index (χ2n) is 8.77. The Hall–Kier alpha value is -3.08. The number of methoxy groups -OCH3 is 1. The molecule has 2 aliphatic carbocycles. The molecule has 5 nitrogen and oxygen atoms in total. The Bertz CT molecular complexity index is 1160. The van der Waals surface area contributed by atoms with Gasteiger partial charge in [-0.05, 0) is 60.6 Å². The minimum atomic E-state index is -0.415. The predicted molar refractivity (Wildman–Crippen MR) is 115 cm³/mol. The van der Waals surface area contributed by atoms with Crippen molar-refractivity contribution in [2.24, 2.45) is 11.8 Å². The lowest BCUT2D eigenvalue weighted by molar-refractivity contribution is -0.123. The van der Waals surface area contributed by atoms with Crippen molar-refractivity contribution in [2.45, 2.75) is 37.5 Å². The van der Waals surface area contributed by atoms with Gasteiger partial charge in [0.25, 0.3) is 0 Å². The van der Waals surface area contributed by atoms with Crippen LogP contribution in [0.4, 0.5) is 5.69 Å². The Balaban J connectivity index is 1.52. The third-order valence-corrected chi connectivity index (χ3v) is 7.42. The summed E-state index contributed by atoms with van der Waals surface area (Å²) in [5, 5.41) is 1.21. The summed E-state index contributed by atoms with van der Waals surface area (Å²) in [6.07, 6.45) is 4.42. The molecule has 3 aromatic rings. The summed E-state index contributed by atoms with van der Waals surface area (Å²) in [6.45, 7) is 0. The zero-order valence-electron chi connectivity index (χ0n) is 16.9. The van der Waals surface area contributed by atoms with Gasteiger partial charge in [-0.3, -0.25) is 9.59 Å². The molecule has 3 aliphatic rings. The maximum Gasteiger partial charge on any atom is 0.243 e. The number of imide groups is 1. The lowest BCUT2D eigenvalue weighted by atomic mass is 9.61. The number of carbonyl (C=O) groups excluding carboxylic acids is 2. The molecule has 2 amide bonds. The normalized spacial score (nSPS) is 27.7. The van der Waals surface area contributed by atoms with Gasteiger partial charge in [-0.15, -0.1) is 0 Å². The fraction of sp³-hybridized carbons (Fsp3) is 0.360. The third-order valence-electron chi connectivity index (χ3n) is 7.42. The average molecular weight is 400 g/mol. The zero-order valence-corrected chi connectivity index (χ0v) is 16.9. The smallest absolute Gasteiger partial charge is 0.243 e. The maximum atomic E-state index is 13.7. The third kappa shape index (κ3) is 2.29. The van der Waals surface area contributed by atoms with Crippen LogP contribution in [0, 0.1) is 11.8 Å². The first-order chi connectivity index (χ1) is 14.7. The largest absolute Gasteiger partial charge is 0.497 e. The van der Waals surface area contributed by atoms with E-state index in [9.17, 15) is 9.59 Å². The number of fused-ring (bicyclic) bond motifs is 8. The number of nitrogens with one attached hydrogen (secondary N) is 1. The van der Waals surface area contributed by atoms with E-state index in [2.05, 4.69) is 23.2 Å². The van der Waals surface area contributed by atoms with Gasteiger partial charge >= 0.3 is 0 Å². The second kappa shape index (κ2) is 6.46. The number of carbonyl (C=O) groups is 2. The lowest BCUT2D eigenvalue weighted by Gasteiger charge is -2.41. The van der Waals surface area contributed by atoms with E-state index in [1.165, 1.54) is 22.3 Å². The highest BCUT2D eigenvalue weighted by molar-refractivity contribution is 6.24. The van der Waals surface area contributed by atoms with Crippen LogP contribution in [-0.4, -0.2) is 23.9 Å². The summed E-state index contributed by atoms with van der Waals surface area (Å²) in [4.78, 5) is 32.3. The molecule has 1 saturated heterocycles. The van der Waals surface area contributed by atoms with Crippen LogP contribution in [0.5, 0.6) is 5.75 Å². The number of hydrogen-bond acceptors (Lipinski definition) is 3. The van der Waals surface area contributed by atoms with E-state index in [1.54, 1.807) is 31.4 Å². The second-order valence-corrected chi connectivity index (χ2v) is 8.77. The highest BCUT2D eigenvalue weighted by atomic mass is 16.5. The van der Waals surface area contributed by atoms with E-state index >= 15 is 0 Å². The molecule has 2 aromatic carbocycles. The van der Waals surface area contributed by atoms with E-state index in [-0.39, 0.29) is 23.7 Å². The maximum absolute atomic E-state index is 13.7. The van der Waals surface area contributed by atoms with Gasteiger partial charge in [-0.1, -0.05) is 31.0 Å². The molecule has 2 fully saturated rings. The molecule has 4 atom stereocenters. The van der Waals surface area contributed by atoms with Crippen LogP contribution in [0.1, 0.15) is 48.8 Å². The van der Waals surface area contributed by atoms with Crippen molar-refractivity contribution in [3.05, 3.63) is 59.8 Å². The van der Waals surface area contributed by atoms with Crippen LogP contribution in [0.3, 0.4) is 0 Å². The Labute approximate surface area is 175 Å². The fourth-order valence-corrected chi connectivity index (χ4v) is 6.19. The van der Waals surface area contributed by atoms with Gasteiger partial charge in [-0.25, -0.2) is 4.90 Å². The molecule has 5 heteroatoms. The van der Waals surface area contributed by atoms with E-state index in [0.717, 1.165) is 30.5 Å². The summed E-state index contributed by atoms with van der Waals surface area (Å²) < 4.78 is 5.24. The van der Waals surface area contributed by atoms with Crippen LogP contribution < -0.4 is 9.64 Å². The number of nitrogens with zero attached hydrogens (tertiary/aromatic N) is 1. The van der Waals surface area contributed by atoms with E-state index in [1.807, 2.05) is 6.07 Å². The molecule has 6 rings (SSSR count). The molecule has 152 valence electrons. The first-order valence-corrected chi connectivity index (χ1v) is 10.8. The van der Waals surface area contributed by atoms with Crippen LogP contribution in [0.2, 0.25) is 0 Å². The molecule has 1 N–H and O–H groups in total. The van der Waals surface area contributed by atoms with Crippen LogP contribution >= 0.6 is 0 Å². The van der Waals surface area contributed by atoms with Crippen molar-refractivity contribution in [3.63, 3.8) is 0 Å². The minimum absolute atomic E-state index is 0.0450. The number of anilines is 1. The van der Waals surface area contributed by atoms with Gasteiger partial charge < -0.3 is 9.72 Å². The Kier molecular flexibility index (Phi) is 3.82. The fourth-order valence-electron chi connectivity index (χ4n) is 6.19. The monoisotopic (exact) mass is 400 g/mol. The number of amides is 2. The summed E-state index contributed by atoms with van der Waals surface area (Å²) in [7, 11) is 1.61. The van der Waals surface area contributed by atoms with Gasteiger partial charge in [0, 0.05) is 16.6 Å². The standard InChI is InChI=1S/C25H24N2O3/c1-30-15-12-10-14(11-13-15)27-24(28)21-17-7-3-2-6-16(17)20-18-8-4-5-9-19(18)26-23(20)22(21)25(27)29/h4-5,8-13,16-17,21-22,26H,2-3,6-7H2,1H3/t16-,17-,21-,22-/m0/s1. The minimum Gasteiger partial charge on any atom is -0.497 e. The van der Waals surface area contributed by atoms with E-state index < -0.39 is 5.92 Å². The van der Waals surface area contributed by atoms with Crippen molar-refractivity contribution < 1.29 is 14.3 Å². The molecule has 0 radical (unpaired) electrons. The van der Waals surface area contributed by atoms with Crippen molar-refractivity contribution >= 4 is 28.4 Å². The van der Waals surface area contributed by atoms with Gasteiger partial charge in [0.05, 0.1) is 24.6 Å². The van der Waals surface area contributed by atoms with E-state index in [0.29, 0.717) is 17.4 Å². The summed E-state index contributed by atoms with van der Waals surface area (Å²) >= 11 is 0. The van der Waals surface area contributed by atoms with Crippen LogP contribution in [-0.2, 0) is 9.59 Å². The molecule has 1 saturated carbocycles. The molecule has 30 heavy (non-hydrogen) atoms. The molecule has 0 bridgehead atoms. The SMILES string of the molecule is COc1ccc(N2C(=O)[C@H]3[C@H]4CCCC[C@@H]4c4c([nH]c5ccccc45)[C@H]3C2=O)cc1. The zero-order chi connectivity index (χ0) is 20.4. The van der Waals surface area contributed by atoms with Crippen LogP contribution in [0.15, 0.2) is 48.5 Å². The van der Waals surface area contributed by atoms with E-state index in [4.69, 9.17) is 4.74 Å². The van der Waals surface area contributed by atoms with Crippen molar-refractivity contribution in [1.29, 1.82) is 0 Å². The predicted octanol–water partition coefficient (Wildman–Crippen LogP) is 4.74. The molecular formula is C25H24N2O3. The van der Waals surface area contributed by atoms with Crippen molar-refractivity contribution in [3.8, 4) is 5.75 Å². The molecule has 2 heterocycles. The average Bonchev–Trinajstić information content (AvgIpc) is 3.29. The number of hydrogen-bond donors (Lipinski definition) is 1. The van der Waals surface area contributed by atoms with Crippen molar-refractivity contribution in [2.75, 3.05) is 12.0 Å². The Morgan fingerprint density at radius 1 is 0.967 bits per heavy atom. The van der Waals surface area contributed by atoms with Crippen molar-refractivity contribution in [1.82, 2.24) is 4.98 Å². The highest BCUT2D eigenvalue weighted by Crippen LogP contribution is 2.57. The van der Waals surface area contributed by atoms with Crippen LogP contribution in [0.25, 0.3) is 10.9 Å². The number of aromatic nitrogens is 1. The quantitative estimate of drug-likeness (QED) is 0.632. The summed E-state index contributed by atoms with van der Waals surface area (Å²) in [5.41, 5.74) is 3.95. The molecular weight excluding hydrogens is 376 g/mol.